The Morgan fingerprint density at radius 2 is 2.08 bits per heavy atom. The van der Waals surface area contributed by atoms with Crippen molar-refractivity contribution in [2.75, 3.05) is 31.6 Å². The Hall–Kier alpha value is -0.250. The van der Waals surface area contributed by atoms with Crippen molar-refractivity contribution in [1.29, 1.82) is 0 Å². The van der Waals surface area contributed by atoms with Crippen LogP contribution in [0.2, 0.25) is 10.0 Å². The molecule has 1 fully saturated rings. The van der Waals surface area contributed by atoms with Crippen LogP contribution < -0.4 is 10.6 Å². The van der Waals surface area contributed by atoms with Crippen molar-refractivity contribution in [3.63, 3.8) is 0 Å². The van der Waals surface area contributed by atoms with Crippen molar-refractivity contribution in [3.05, 3.63) is 33.8 Å². The lowest BCUT2D eigenvalue weighted by Gasteiger charge is -2.14. The molecule has 1 aromatic rings. The molecule has 1 aliphatic rings. The summed E-state index contributed by atoms with van der Waals surface area (Å²) >= 11 is 12.0. The maximum atomic E-state index is 11.5. The monoisotopic (exact) mass is 519 g/mol. The highest BCUT2D eigenvalue weighted by Crippen LogP contribution is 2.22. The van der Waals surface area contributed by atoms with Gasteiger partial charge in [-0.25, -0.2) is 8.42 Å². The summed E-state index contributed by atoms with van der Waals surface area (Å²) < 4.78 is 22.9. The highest BCUT2D eigenvalue weighted by atomic mass is 127. The quantitative estimate of drug-likeness (QED) is 0.262. The molecule has 25 heavy (non-hydrogen) atoms. The van der Waals surface area contributed by atoms with E-state index in [2.05, 4.69) is 15.6 Å². The van der Waals surface area contributed by atoms with Gasteiger partial charge in [-0.1, -0.05) is 29.3 Å². The maximum Gasteiger partial charge on any atom is 0.190 e. The van der Waals surface area contributed by atoms with Crippen LogP contribution in [0, 0.1) is 5.92 Å². The SMILES string of the molecule is CN=C(NCCCc1ccc(Cl)cc1Cl)NCC1CCS(=O)(=O)C1.I. The van der Waals surface area contributed by atoms with Crippen LogP contribution in [0.25, 0.3) is 0 Å². The van der Waals surface area contributed by atoms with Gasteiger partial charge in [-0.15, -0.1) is 24.0 Å². The number of aliphatic imine (C=N–C) groups is 1. The molecule has 0 radical (unpaired) electrons. The lowest BCUT2D eigenvalue weighted by Crippen LogP contribution is -2.40. The summed E-state index contributed by atoms with van der Waals surface area (Å²) in [7, 11) is -1.13. The smallest absolute Gasteiger partial charge is 0.190 e. The molecule has 1 aliphatic heterocycles. The van der Waals surface area contributed by atoms with E-state index in [0.717, 1.165) is 31.4 Å². The van der Waals surface area contributed by atoms with E-state index in [0.29, 0.717) is 28.3 Å². The number of rotatable bonds is 6. The normalized spacial score (nSPS) is 19.3. The van der Waals surface area contributed by atoms with Gasteiger partial charge in [-0.05, 0) is 42.9 Å². The zero-order valence-electron chi connectivity index (χ0n) is 14.1. The third-order valence-corrected chi connectivity index (χ3v) is 6.46. The van der Waals surface area contributed by atoms with E-state index in [1.165, 1.54) is 0 Å². The Bertz CT molecular complexity index is 699. The van der Waals surface area contributed by atoms with Crippen LogP contribution in [0.5, 0.6) is 0 Å². The van der Waals surface area contributed by atoms with Crippen LogP contribution in [0.4, 0.5) is 0 Å². The first-order valence-electron chi connectivity index (χ1n) is 7.98. The minimum absolute atomic E-state index is 0. The summed E-state index contributed by atoms with van der Waals surface area (Å²) in [5.74, 6) is 1.43. The molecule has 0 amide bonds. The molecule has 2 rings (SSSR count). The number of hydrogen-bond acceptors (Lipinski definition) is 3. The Morgan fingerprint density at radius 1 is 1.32 bits per heavy atom. The van der Waals surface area contributed by atoms with Gasteiger partial charge in [0.15, 0.2) is 15.8 Å². The van der Waals surface area contributed by atoms with E-state index in [1.54, 1.807) is 13.1 Å². The van der Waals surface area contributed by atoms with Crippen molar-refractivity contribution in [1.82, 2.24) is 10.6 Å². The number of halogens is 3. The second kappa shape index (κ2) is 10.8. The highest BCUT2D eigenvalue weighted by Gasteiger charge is 2.27. The topological polar surface area (TPSA) is 70.6 Å². The summed E-state index contributed by atoms with van der Waals surface area (Å²) in [5.41, 5.74) is 1.07. The van der Waals surface area contributed by atoms with Gasteiger partial charge in [0.2, 0.25) is 0 Å². The van der Waals surface area contributed by atoms with Crippen LogP contribution in [0.1, 0.15) is 18.4 Å². The third kappa shape index (κ3) is 7.88. The first-order valence-corrected chi connectivity index (χ1v) is 10.6. The molecule has 9 heteroatoms. The molecule has 2 N–H and O–H groups in total. The van der Waals surface area contributed by atoms with Crippen LogP contribution >= 0.6 is 47.2 Å². The Kier molecular flexibility index (Phi) is 9.84. The molecule has 1 aromatic carbocycles. The molecular weight excluding hydrogens is 496 g/mol. The van der Waals surface area contributed by atoms with Gasteiger partial charge in [-0.2, -0.15) is 0 Å². The molecule has 1 atom stereocenters. The zero-order chi connectivity index (χ0) is 17.6. The predicted octanol–water partition coefficient (Wildman–Crippen LogP) is 3.14. The molecule has 0 bridgehead atoms. The highest BCUT2D eigenvalue weighted by molar-refractivity contribution is 14.0. The average molecular weight is 520 g/mol. The predicted molar refractivity (Wildman–Crippen MR) is 116 cm³/mol. The molecule has 1 heterocycles. The third-order valence-electron chi connectivity index (χ3n) is 4.04. The standard InChI is InChI=1S/C16H23Cl2N3O2S.HI/c1-19-16(21-10-12-6-8-24(22,23)11-12)20-7-2-3-13-4-5-14(17)9-15(13)18;/h4-5,9,12H,2-3,6-8,10-11H2,1H3,(H2,19,20,21);1H. The second-order valence-electron chi connectivity index (χ2n) is 5.99. The molecule has 1 saturated heterocycles. The lowest BCUT2D eigenvalue weighted by molar-refractivity contribution is 0.566. The lowest BCUT2D eigenvalue weighted by atomic mass is 10.1. The summed E-state index contributed by atoms with van der Waals surface area (Å²) in [6, 6.07) is 5.53. The summed E-state index contributed by atoms with van der Waals surface area (Å²) in [5, 5.41) is 7.76. The second-order valence-corrected chi connectivity index (χ2v) is 9.06. The van der Waals surface area contributed by atoms with Crippen molar-refractivity contribution >= 4 is 63.0 Å². The summed E-state index contributed by atoms with van der Waals surface area (Å²) in [6.07, 6.45) is 2.47. The van der Waals surface area contributed by atoms with E-state index >= 15 is 0 Å². The number of nitrogens with zero attached hydrogens (tertiary/aromatic N) is 1. The number of guanidine groups is 1. The molecule has 1 unspecified atom stereocenters. The van der Waals surface area contributed by atoms with Gasteiger partial charge in [0.05, 0.1) is 11.5 Å². The van der Waals surface area contributed by atoms with Gasteiger partial charge >= 0.3 is 0 Å². The van der Waals surface area contributed by atoms with Crippen molar-refractivity contribution in [2.24, 2.45) is 10.9 Å². The summed E-state index contributed by atoms with van der Waals surface area (Å²) in [6.45, 7) is 1.38. The van der Waals surface area contributed by atoms with Gasteiger partial charge < -0.3 is 10.6 Å². The van der Waals surface area contributed by atoms with Gasteiger partial charge in [-0.3, -0.25) is 4.99 Å². The molecular formula is C16H24Cl2IN3O2S. The molecule has 0 spiro atoms. The Labute approximate surface area is 176 Å². The fourth-order valence-corrected chi connectivity index (χ4v) is 5.07. The maximum absolute atomic E-state index is 11.5. The van der Waals surface area contributed by atoms with Crippen LogP contribution in [0.15, 0.2) is 23.2 Å². The van der Waals surface area contributed by atoms with Crippen molar-refractivity contribution in [3.8, 4) is 0 Å². The van der Waals surface area contributed by atoms with Crippen molar-refractivity contribution < 1.29 is 8.42 Å². The summed E-state index contributed by atoms with van der Waals surface area (Å²) in [4.78, 5) is 4.16. The molecule has 0 saturated carbocycles. The van der Waals surface area contributed by atoms with Gasteiger partial charge in [0.25, 0.3) is 0 Å². The first-order chi connectivity index (χ1) is 11.4. The number of hydrogen-bond donors (Lipinski definition) is 2. The van der Waals surface area contributed by atoms with Gasteiger partial charge in [0, 0.05) is 30.2 Å². The molecule has 142 valence electrons. The van der Waals surface area contributed by atoms with E-state index in [4.69, 9.17) is 23.2 Å². The van der Waals surface area contributed by atoms with E-state index < -0.39 is 9.84 Å². The average Bonchev–Trinajstić information content (AvgIpc) is 2.87. The minimum atomic E-state index is -2.83. The Morgan fingerprint density at radius 3 is 2.68 bits per heavy atom. The van der Waals surface area contributed by atoms with Gasteiger partial charge in [0.1, 0.15) is 0 Å². The first kappa shape index (κ1) is 22.8. The molecule has 5 nitrogen and oxygen atoms in total. The van der Waals surface area contributed by atoms with E-state index in [9.17, 15) is 8.42 Å². The number of aryl methyl sites for hydroxylation is 1. The number of benzene rings is 1. The Balaban J connectivity index is 0.00000312. The van der Waals surface area contributed by atoms with Crippen LogP contribution in [0.3, 0.4) is 0 Å². The van der Waals surface area contributed by atoms with E-state index in [-0.39, 0.29) is 35.6 Å². The van der Waals surface area contributed by atoms with Crippen molar-refractivity contribution in [2.45, 2.75) is 19.3 Å². The largest absolute Gasteiger partial charge is 0.356 e. The molecule has 0 aliphatic carbocycles. The molecule has 0 aromatic heterocycles. The zero-order valence-corrected chi connectivity index (χ0v) is 18.8. The van der Waals surface area contributed by atoms with E-state index in [1.807, 2.05) is 12.1 Å². The van der Waals surface area contributed by atoms with Crippen LogP contribution in [-0.4, -0.2) is 46.0 Å². The number of nitrogens with one attached hydrogen (secondary N) is 2. The van der Waals surface area contributed by atoms with Crippen LogP contribution in [-0.2, 0) is 16.3 Å². The number of sulfone groups is 1. The minimum Gasteiger partial charge on any atom is -0.356 e. The fourth-order valence-electron chi connectivity index (χ4n) is 2.70. The fraction of sp³-hybridized carbons (Fsp3) is 0.562.